The van der Waals surface area contributed by atoms with Gasteiger partial charge in [0.25, 0.3) is 5.91 Å². The number of rotatable bonds is 6. The van der Waals surface area contributed by atoms with Crippen molar-refractivity contribution in [3.05, 3.63) is 21.7 Å². The minimum absolute atomic E-state index is 0.00524. The Morgan fingerprint density at radius 3 is 2.59 bits per heavy atom. The number of amides is 2. The first-order chi connectivity index (χ1) is 15.3. The molecule has 0 radical (unpaired) electrons. The van der Waals surface area contributed by atoms with Gasteiger partial charge in [0.15, 0.2) is 5.13 Å². The number of carboxylic acids is 1. The van der Waals surface area contributed by atoms with E-state index in [0.29, 0.717) is 23.7 Å². The molecule has 2 amide bonds. The normalized spacial score (nSPS) is 28.7. The molecule has 4 aliphatic rings. The Bertz CT molecular complexity index is 996. The summed E-state index contributed by atoms with van der Waals surface area (Å²) in [5, 5.41) is 22.5. The zero-order valence-corrected chi connectivity index (χ0v) is 19.6. The quantitative estimate of drug-likeness (QED) is 0.591. The number of carboxylic acid groups (broad SMARTS) is 1. The number of aliphatic hydroxyl groups excluding tert-OH is 1. The molecule has 4 atom stereocenters. The lowest BCUT2D eigenvalue weighted by Gasteiger charge is -2.46. The number of β-lactam (4-membered cyclic amide) rings is 1. The van der Waals surface area contributed by atoms with Crippen LogP contribution in [0.4, 0.5) is 5.13 Å². The first-order valence-corrected chi connectivity index (χ1v) is 12.7. The molecule has 0 spiro atoms. The van der Waals surface area contributed by atoms with E-state index in [1.54, 1.807) is 6.92 Å². The second kappa shape index (κ2) is 8.03. The summed E-state index contributed by atoms with van der Waals surface area (Å²) < 4.78 is 0. The predicted molar refractivity (Wildman–Crippen MR) is 120 cm³/mol. The summed E-state index contributed by atoms with van der Waals surface area (Å²) >= 11 is 2.97. The fourth-order valence-electron chi connectivity index (χ4n) is 5.12. The van der Waals surface area contributed by atoms with E-state index in [-0.39, 0.29) is 34.7 Å². The average Bonchev–Trinajstić information content (AvgIpc) is 3.43. The average molecular weight is 479 g/mol. The van der Waals surface area contributed by atoms with E-state index < -0.39 is 18.0 Å². The lowest BCUT2D eigenvalue weighted by molar-refractivity contribution is -0.163. The van der Waals surface area contributed by atoms with Gasteiger partial charge in [0.05, 0.1) is 18.1 Å². The van der Waals surface area contributed by atoms with Gasteiger partial charge >= 0.3 is 5.97 Å². The molecule has 0 aromatic carbocycles. The maximum Gasteiger partial charge on any atom is 0.353 e. The number of carbonyl (C=O) groups is 3. The summed E-state index contributed by atoms with van der Waals surface area (Å²) in [4.78, 5) is 47.5. The molecule has 5 heterocycles. The lowest BCUT2D eigenvalue weighted by atomic mass is 9.79. The lowest BCUT2D eigenvalue weighted by Crippen LogP contribution is -2.63. The molecule has 2 unspecified atom stereocenters. The zero-order valence-electron chi connectivity index (χ0n) is 17.9. The third-order valence-corrected chi connectivity index (χ3v) is 9.18. The van der Waals surface area contributed by atoms with Gasteiger partial charge in [0.1, 0.15) is 11.4 Å². The molecule has 172 valence electrons. The highest BCUT2D eigenvalue weighted by Gasteiger charge is 2.60. The van der Waals surface area contributed by atoms with Crippen LogP contribution in [0.5, 0.6) is 0 Å². The maximum absolute atomic E-state index is 12.5. The van der Waals surface area contributed by atoms with E-state index in [0.717, 1.165) is 31.1 Å². The van der Waals surface area contributed by atoms with Crippen molar-refractivity contribution in [3.63, 3.8) is 0 Å². The third kappa shape index (κ3) is 3.32. The number of nitrogens with zero attached hydrogens (tertiary/aromatic N) is 4. The SMILES string of the molecule is C[C@@H](O)C1C(=O)N2C(C(=O)O)=C(SC3CN(c4nc(C(=O)N5CCCC5)cs4)C3)[C@H](C)C12. The molecule has 4 aliphatic heterocycles. The number of aliphatic hydroxyl groups is 1. The van der Waals surface area contributed by atoms with Crippen LogP contribution in [0.1, 0.15) is 37.2 Å². The van der Waals surface area contributed by atoms with Gasteiger partial charge in [0, 0.05) is 47.6 Å². The van der Waals surface area contributed by atoms with Crippen LogP contribution in [0, 0.1) is 11.8 Å². The topological polar surface area (TPSA) is 114 Å². The Hall–Kier alpha value is -2.11. The Kier molecular flexibility index (Phi) is 5.45. The molecule has 0 aliphatic carbocycles. The largest absolute Gasteiger partial charge is 0.477 e. The molecule has 32 heavy (non-hydrogen) atoms. The van der Waals surface area contributed by atoms with Gasteiger partial charge in [-0.1, -0.05) is 6.92 Å². The maximum atomic E-state index is 12.5. The van der Waals surface area contributed by atoms with E-state index in [2.05, 4.69) is 9.88 Å². The minimum atomic E-state index is -1.10. The fraction of sp³-hybridized carbons (Fsp3) is 0.619. The van der Waals surface area contributed by atoms with Gasteiger partial charge in [-0.05, 0) is 19.8 Å². The highest BCUT2D eigenvalue weighted by molar-refractivity contribution is 8.03. The van der Waals surface area contributed by atoms with Crippen LogP contribution >= 0.6 is 23.1 Å². The van der Waals surface area contributed by atoms with Gasteiger partial charge in [-0.15, -0.1) is 23.1 Å². The first-order valence-electron chi connectivity index (χ1n) is 10.9. The molecule has 3 fully saturated rings. The summed E-state index contributed by atoms with van der Waals surface area (Å²) in [7, 11) is 0. The predicted octanol–water partition coefficient (Wildman–Crippen LogP) is 1.45. The van der Waals surface area contributed by atoms with Crippen LogP contribution in [0.25, 0.3) is 0 Å². The van der Waals surface area contributed by atoms with Crippen LogP contribution in [-0.4, -0.2) is 86.4 Å². The van der Waals surface area contributed by atoms with E-state index in [4.69, 9.17) is 0 Å². The van der Waals surface area contributed by atoms with Gasteiger partial charge in [-0.2, -0.15) is 0 Å². The number of likely N-dealkylation sites (tertiary alicyclic amines) is 1. The van der Waals surface area contributed by atoms with Crippen molar-refractivity contribution in [1.29, 1.82) is 0 Å². The summed E-state index contributed by atoms with van der Waals surface area (Å²) in [5.74, 6) is -2.08. The summed E-state index contributed by atoms with van der Waals surface area (Å²) in [6.45, 7) is 6.52. The van der Waals surface area contributed by atoms with Crippen molar-refractivity contribution in [2.75, 3.05) is 31.1 Å². The summed E-state index contributed by atoms with van der Waals surface area (Å²) in [6.07, 6.45) is 1.29. The molecule has 1 aromatic heterocycles. The number of carbonyl (C=O) groups excluding carboxylic acids is 2. The van der Waals surface area contributed by atoms with Crippen LogP contribution in [0.3, 0.4) is 0 Å². The standard InChI is InChI=1S/C21H26N4O5S2/c1-10-15-14(11(2)26)19(28)25(15)16(20(29)30)17(10)32-12-7-24(8-12)21-22-13(9-31-21)18(27)23-5-3-4-6-23/h9-12,14-15,26H,3-8H2,1-2H3,(H,29,30)/t10-,11-,14?,15?/m1/s1. The summed E-state index contributed by atoms with van der Waals surface area (Å²) in [5.41, 5.74) is 0.566. The number of hydrogen-bond donors (Lipinski definition) is 2. The molecular formula is C21H26N4O5S2. The second-order valence-electron chi connectivity index (χ2n) is 8.93. The molecule has 5 rings (SSSR count). The van der Waals surface area contributed by atoms with Gasteiger partial charge in [-0.3, -0.25) is 9.59 Å². The Balaban J connectivity index is 1.24. The molecular weight excluding hydrogens is 452 g/mol. The van der Waals surface area contributed by atoms with Crippen molar-refractivity contribution < 1.29 is 24.6 Å². The number of fused-ring (bicyclic) bond motifs is 1. The zero-order chi connectivity index (χ0) is 22.7. The monoisotopic (exact) mass is 478 g/mol. The minimum Gasteiger partial charge on any atom is -0.477 e. The van der Waals surface area contributed by atoms with Crippen molar-refractivity contribution in [2.45, 2.75) is 44.1 Å². The van der Waals surface area contributed by atoms with Gasteiger partial charge in [0.2, 0.25) is 5.91 Å². The van der Waals surface area contributed by atoms with E-state index >= 15 is 0 Å². The van der Waals surface area contributed by atoms with Crippen LogP contribution in [-0.2, 0) is 9.59 Å². The smallest absolute Gasteiger partial charge is 0.353 e. The van der Waals surface area contributed by atoms with Crippen LogP contribution < -0.4 is 4.90 Å². The van der Waals surface area contributed by atoms with Gasteiger partial charge < -0.3 is 24.9 Å². The molecule has 0 saturated carbocycles. The van der Waals surface area contributed by atoms with Crippen molar-refractivity contribution in [3.8, 4) is 0 Å². The Labute approximate surface area is 194 Å². The van der Waals surface area contributed by atoms with Crippen molar-refractivity contribution in [1.82, 2.24) is 14.8 Å². The molecule has 3 saturated heterocycles. The van der Waals surface area contributed by atoms with Crippen LogP contribution in [0.2, 0.25) is 0 Å². The van der Waals surface area contributed by atoms with Crippen molar-refractivity contribution >= 4 is 46.0 Å². The second-order valence-corrected chi connectivity index (χ2v) is 11.1. The highest BCUT2D eigenvalue weighted by atomic mass is 32.2. The molecule has 0 bridgehead atoms. The number of aromatic nitrogens is 1. The van der Waals surface area contributed by atoms with E-state index in [1.807, 2.05) is 17.2 Å². The number of anilines is 1. The fourth-order valence-corrected chi connectivity index (χ4v) is 7.46. The highest BCUT2D eigenvalue weighted by Crippen LogP contribution is 2.52. The van der Waals surface area contributed by atoms with Crippen molar-refractivity contribution in [2.24, 2.45) is 11.8 Å². The Morgan fingerprint density at radius 2 is 1.97 bits per heavy atom. The molecule has 11 heteroatoms. The number of hydrogen-bond acceptors (Lipinski definition) is 8. The first kappa shape index (κ1) is 21.7. The number of aliphatic carboxylic acids is 1. The van der Waals surface area contributed by atoms with Crippen LogP contribution in [0.15, 0.2) is 16.0 Å². The summed E-state index contributed by atoms with van der Waals surface area (Å²) in [6, 6.07) is -0.287. The molecule has 2 N–H and O–H groups in total. The van der Waals surface area contributed by atoms with E-state index in [1.165, 1.54) is 28.0 Å². The Morgan fingerprint density at radius 1 is 1.28 bits per heavy atom. The molecule has 9 nitrogen and oxygen atoms in total. The number of thiazole rings is 1. The van der Waals surface area contributed by atoms with E-state index in [9.17, 15) is 24.6 Å². The van der Waals surface area contributed by atoms with Gasteiger partial charge in [-0.25, -0.2) is 9.78 Å². The third-order valence-electron chi connectivity index (χ3n) is 6.83. The molecule has 1 aromatic rings. The number of thioether (sulfide) groups is 1.